The summed E-state index contributed by atoms with van der Waals surface area (Å²) < 4.78 is 15.3. The zero-order valence-corrected chi connectivity index (χ0v) is 16.7. The molecule has 0 atom stereocenters. The third-order valence-corrected chi connectivity index (χ3v) is 5.13. The Morgan fingerprint density at radius 1 is 0.968 bits per heavy atom. The van der Waals surface area contributed by atoms with Crippen LogP contribution in [0.25, 0.3) is 39.4 Å². The lowest BCUT2D eigenvalue weighted by atomic mass is 10.1. The molecule has 0 saturated heterocycles. The lowest BCUT2D eigenvalue weighted by Crippen LogP contribution is -2.01. The summed E-state index contributed by atoms with van der Waals surface area (Å²) in [6.45, 7) is 0.0676. The predicted molar refractivity (Wildman–Crippen MR) is 117 cm³/mol. The number of hydrogen-bond acceptors (Lipinski definition) is 4. The van der Waals surface area contributed by atoms with Crippen LogP contribution in [0.4, 0.5) is 4.39 Å². The van der Waals surface area contributed by atoms with Gasteiger partial charge in [0, 0.05) is 35.9 Å². The van der Waals surface area contributed by atoms with Crippen molar-refractivity contribution in [1.82, 2.24) is 24.7 Å². The van der Waals surface area contributed by atoms with Gasteiger partial charge in [0.05, 0.1) is 5.69 Å². The van der Waals surface area contributed by atoms with Gasteiger partial charge in [-0.05, 0) is 48.4 Å². The van der Waals surface area contributed by atoms with E-state index in [4.69, 9.17) is 5.10 Å². The molecule has 5 aromatic rings. The number of aromatic nitrogens is 5. The van der Waals surface area contributed by atoms with Gasteiger partial charge in [-0.3, -0.25) is 0 Å². The van der Waals surface area contributed by atoms with E-state index in [1.807, 2.05) is 36.4 Å². The van der Waals surface area contributed by atoms with Crippen molar-refractivity contribution in [3.8, 4) is 28.3 Å². The van der Waals surface area contributed by atoms with Crippen molar-refractivity contribution in [3.63, 3.8) is 0 Å². The molecule has 5 rings (SSSR count). The average Bonchev–Trinajstić information content (AvgIpc) is 3.43. The van der Waals surface area contributed by atoms with Crippen molar-refractivity contribution >= 4 is 11.0 Å². The topological polar surface area (TPSA) is 79.6 Å². The molecule has 0 spiro atoms. The van der Waals surface area contributed by atoms with Gasteiger partial charge in [0.2, 0.25) is 0 Å². The number of fused-ring (bicyclic) bond motifs is 1. The lowest BCUT2D eigenvalue weighted by Gasteiger charge is -2.07. The van der Waals surface area contributed by atoms with E-state index in [-0.39, 0.29) is 12.4 Å². The van der Waals surface area contributed by atoms with Gasteiger partial charge in [-0.2, -0.15) is 5.10 Å². The maximum absolute atomic E-state index is 13.5. The molecule has 7 heteroatoms. The van der Waals surface area contributed by atoms with Crippen molar-refractivity contribution < 1.29 is 9.50 Å². The number of aliphatic hydroxyl groups excluding tert-OH is 1. The number of hydrogen-bond donors (Lipinski definition) is 2. The Kier molecular flexibility index (Phi) is 5.01. The summed E-state index contributed by atoms with van der Waals surface area (Å²) in [5.41, 5.74) is 4.35. The molecule has 31 heavy (non-hydrogen) atoms. The Bertz CT molecular complexity index is 1330. The minimum atomic E-state index is -0.306. The quantitative estimate of drug-likeness (QED) is 0.428. The number of aryl methyl sites for hydroxylation is 1. The number of pyridine rings is 1. The third kappa shape index (κ3) is 3.71. The first kappa shape index (κ1) is 19.1. The summed E-state index contributed by atoms with van der Waals surface area (Å²) in [6, 6.07) is 20.2. The number of benzene rings is 2. The first-order chi connectivity index (χ1) is 15.2. The molecule has 0 aliphatic carbocycles. The van der Waals surface area contributed by atoms with Crippen molar-refractivity contribution in [2.75, 3.05) is 6.61 Å². The maximum atomic E-state index is 13.5. The molecule has 154 valence electrons. The minimum Gasteiger partial charge on any atom is -0.396 e. The monoisotopic (exact) mass is 413 g/mol. The number of rotatable bonds is 6. The van der Waals surface area contributed by atoms with Crippen molar-refractivity contribution in [2.24, 2.45) is 0 Å². The Morgan fingerprint density at radius 2 is 1.77 bits per heavy atom. The highest BCUT2D eigenvalue weighted by atomic mass is 19.1. The van der Waals surface area contributed by atoms with Crippen molar-refractivity contribution in [2.45, 2.75) is 12.8 Å². The number of aromatic amines is 1. The molecule has 0 amide bonds. The SMILES string of the molecule is OCCCc1nc(-c2ccc(F)cc2)n(-c2ccnc3[nH]c(-c4ccccc4)cc23)n1. The third-order valence-electron chi connectivity index (χ3n) is 5.13. The molecule has 2 aromatic carbocycles. The highest BCUT2D eigenvalue weighted by Gasteiger charge is 2.17. The maximum Gasteiger partial charge on any atom is 0.163 e. The van der Waals surface area contributed by atoms with Crippen LogP contribution in [0.3, 0.4) is 0 Å². The van der Waals surface area contributed by atoms with E-state index in [0.29, 0.717) is 24.5 Å². The van der Waals surface area contributed by atoms with Crippen LogP contribution >= 0.6 is 0 Å². The van der Waals surface area contributed by atoms with Crippen LogP contribution in [-0.2, 0) is 6.42 Å². The number of halogens is 1. The second-order valence-electron chi connectivity index (χ2n) is 7.24. The molecule has 0 aliphatic rings. The summed E-state index contributed by atoms with van der Waals surface area (Å²) in [5.74, 6) is 0.930. The highest BCUT2D eigenvalue weighted by Crippen LogP contribution is 2.30. The van der Waals surface area contributed by atoms with Gasteiger partial charge in [-0.1, -0.05) is 30.3 Å². The van der Waals surface area contributed by atoms with Gasteiger partial charge in [-0.15, -0.1) is 0 Å². The van der Waals surface area contributed by atoms with Gasteiger partial charge in [0.1, 0.15) is 11.5 Å². The molecule has 6 nitrogen and oxygen atoms in total. The molecule has 0 aliphatic heterocycles. The van der Waals surface area contributed by atoms with E-state index >= 15 is 0 Å². The molecule has 2 N–H and O–H groups in total. The van der Waals surface area contributed by atoms with Crippen LogP contribution in [-0.4, -0.2) is 36.4 Å². The molecule has 0 radical (unpaired) electrons. The van der Waals surface area contributed by atoms with Crippen LogP contribution in [0, 0.1) is 5.82 Å². The fourth-order valence-electron chi connectivity index (χ4n) is 3.62. The normalized spacial score (nSPS) is 11.3. The molecule has 0 unspecified atom stereocenters. The van der Waals surface area contributed by atoms with E-state index < -0.39 is 0 Å². The van der Waals surface area contributed by atoms with Gasteiger partial charge >= 0.3 is 0 Å². The minimum absolute atomic E-state index is 0.0676. The van der Waals surface area contributed by atoms with Crippen LogP contribution in [0.2, 0.25) is 0 Å². The van der Waals surface area contributed by atoms with Crippen LogP contribution in [0.5, 0.6) is 0 Å². The first-order valence-corrected chi connectivity index (χ1v) is 10.1. The lowest BCUT2D eigenvalue weighted by molar-refractivity contribution is 0.287. The van der Waals surface area contributed by atoms with E-state index in [0.717, 1.165) is 33.5 Å². The molecule has 3 aromatic heterocycles. The van der Waals surface area contributed by atoms with Gasteiger partial charge < -0.3 is 10.1 Å². The Labute approximate surface area is 178 Å². The van der Waals surface area contributed by atoms with Crippen LogP contribution < -0.4 is 0 Å². The van der Waals surface area contributed by atoms with Gasteiger partial charge in [0.25, 0.3) is 0 Å². The Morgan fingerprint density at radius 3 is 2.55 bits per heavy atom. The molecular formula is C24H20FN5O. The number of nitrogens with zero attached hydrogens (tertiary/aromatic N) is 4. The second-order valence-corrected chi connectivity index (χ2v) is 7.24. The molecular weight excluding hydrogens is 393 g/mol. The largest absolute Gasteiger partial charge is 0.396 e. The molecule has 0 bridgehead atoms. The van der Waals surface area contributed by atoms with Gasteiger partial charge in [-0.25, -0.2) is 19.0 Å². The number of H-pyrrole nitrogens is 1. The average molecular weight is 413 g/mol. The van der Waals surface area contributed by atoms with Crippen molar-refractivity contribution in [3.05, 3.63) is 84.6 Å². The summed E-state index contributed by atoms with van der Waals surface area (Å²) in [7, 11) is 0. The fourth-order valence-corrected chi connectivity index (χ4v) is 3.62. The summed E-state index contributed by atoms with van der Waals surface area (Å²) in [5, 5.41) is 14.8. The van der Waals surface area contributed by atoms with Crippen molar-refractivity contribution in [1.29, 1.82) is 0 Å². The van der Waals surface area contributed by atoms with Crippen LogP contribution in [0.1, 0.15) is 12.2 Å². The first-order valence-electron chi connectivity index (χ1n) is 10.1. The van der Waals surface area contributed by atoms with Gasteiger partial charge in [0.15, 0.2) is 11.6 Å². The van der Waals surface area contributed by atoms with E-state index in [9.17, 15) is 9.50 Å². The van der Waals surface area contributed by atoms with E-state index in [1.54, 1.807) is 23.0 Å². The molecule has 0 fully saturated rings. The fraction of sp³-hybridized carbons (Fsp3) is 0.125. The highest BCUT2D eigenvalue weighted by molar-refractivity contribution is 5.90. The standard InChI is InChI=1S/C24H20FN5O/c25-18-10-8-17(9-11-18)24-28-22(7-4-14-31)29-30(24)21-12-13-26-23-19(21)15-20(27-23)16-5-2-1-3-6-16/h1-3,5-6,8-13,15,31H,4,7,14H2,(H,26,27). The summed E-state index contributed by atoms with van der Waals surface area (Å²) >= 11 is 0. The van der Waals surface area contributed by atoms with Crippen LogP contribution in [0.15, 0.2) is 72.9 Å². The smallest absolute Gasteiger partial charge is 0.163 e. The summed E-state index contributed by atoms with van der Waals surface area (Å²) in [4.78, 5) is 12.5. The zero-order chi connectivity index (χ0) is 21.2. The second kappa shape index (κ2) is 8.12. The predicted octanol–water partition coefficient (Wildman–Crippen LogP) is 4.54. The summed E-state index contributed by atoms with van der Waals surface area (Å²) in [6.07, 6.45) is 2.85. The Balaban J connectivity index is 1.67. The number of aliphatic hydroxyl groups is 1. The molecule has 0 saturated carbocycles. The van der Waals surface area contributed by atoms with E-state index in [2.05, 4.69) is 21.0 Å². The van der Waals surface area contributed by atoms with E-state index in [1.165, 1.54) is 12.1 Å². The Hall–Kier alpha value is -3.84. The zero-order valence-electron chi connectivity index (χ0n) is 16.7. The number of nitrogens with one attached hydrogen (secondary N) is 1. The molecule has 3 heterocycles.